The zero-order chi connectivity index (χ0) is 23.6. The molecule has 0 aromatic heterocycles. The molecular weight excluding hydrogens is 458 g/mol. The summed E-state index contributed by atoms with van der Waals surface area (Å²) < 4.78 is 63.4. The van der Waals surface area contributed by atoms with Crippen molar-refractivity contribution in [1.82, 2.24) is 14.8 Å². The van der Waals surface area contributed by atoms with E-state index in [1.807, 2.05) is 6.92 Å². The highest BCUT2D eigenvalue weighted by molar-refractivity contribution is 7.89. The number of benzene rings is 2. The molecule has 12 heteroatoms. The van der Waals surface area contributed by atoms with Gasteiger partial charge in [0.2, 0.25) is 20.0 Å². The van der Waals surface area contributed by atoms with Gasteiger partial charge in [-0.3, -0.25) is 4.79 Å². The first-order valence-corrected chi connectivity index (χ1v) is 12.7. The molecule has 2 rings (SSSR count). The summed E-state index contributed by atoms with van der Waals surface area (Å²) in [5, 5.41) is 2.54. The summed E-state index contributed by atoms with van der Waals surface area (Å²) >= 11 is 0. The van der Waals surface area contributed by atoms with Crippen molar-refractivity contribution in [2.45, 2.75) is 16.7 Å². The van der Waals surface area contributed by atoms with Gasteiger partial charge in [-0.25, -0.2) is 26.3 Å². The second-order valence-corrected chi connectivity index (χ2v) is 10.2. The van der Waals surface area contributed by atoms with Crippen molar-refractivity contribution in [3.63, 3.8) is 0 Å². The molecule has 0 saturated heterocycles. The Morgan fingerprint density at radius 1 is 0.812 bits per heavy atom. The standard InChI is InChI=1S/C20H27N3O7S2/c1-16-3-7-18(8-4-16)31(25,26)22-12-11-21-20(24)15-30-17-5-9-19(10-6-17)32(27,28)23-13-14-29-2/h3-10,22-23H,11-15H2,1-2H3,(H,21,24). The van der Waals surface area contributed by atoms with Gasteiger partial charge in [0.25, 0.3) is 5.91 Å². The quantitative estimate of drug-likeness (QED) is 0.349. The van der Waals surface area contributed by atoms with Gasteiger partial charge < -0.3 is 14.8 Å². The summed E-state index contributed by atoms with van der Waals surface area (Å²) in [6, 6.07) is 12.0. The van der Waals surface area contributed by atoms with E-state index in [9.17, 15) is 21.6 Å². The number of methoxy groups -OCH3 is 1. The third kappa shape index (κ3) is 8.20. The molecule has 2 aromatic rings. The number of rotatable bonds is 13. The number of sulfonamides is 2. The van der Waals surface area contributed by atoms with Crippen molar-refractivity contribution in [3.8, 4) is 5.75 Å². The third-order valence-electron chi connectivity index (χ3n) is 4.17. The minimum Gasteiger partial charge on any atom is -0.484 e. The van der Waals surface area contributed by atoms with Gasteiger partial charge in [-0.15, -0.1) is 0 Å². The largest absolute Gasteiger partial charge is 0.484 e. The molecule has 0 atom stereocenters. The first kappa shape index (κ1) is 25.7. The van der Waals surface area contributed by atoms with E-state index in [1.54, 1.807) is 12.1 Å². The number of nitrogens with one attached hydrogen (secondary N) is 3. The van der Waals surface area contributed by atoms with Gasteiger partial charge >= 0.3 is 0 Å². The van der Waals surface area contributed by atoms with Crippen LogP contribution in [0.5, 0.6) is 5.75 Å². The Balaban J connectivity index is 1.73. The van der Waals surface area contributed by atoms with Crippen LogP contribution >= 0.6 is 0 Å². The van der Waals surface area contributed by atoms with E-state index in [1.165, 1.54) is 43.5 Å². The maximum Gasteiger partial charge on any atom is 0.257 e. The van der Waals surface area contributed by atoms with E-state index in [-0.39, 0.29) is 42.6 Å². The smallest absolute Gasteiger partial charge is 0.257 e. The Hall–Kier alpha value is -2.51. The van der Waals surface area contributed by atoms with Crippen LogP contribution in [0.15, 0.2) is 58.3 Å². The molecule has 10 nitrogen and oxygen atoms in total. The van der Waals surface area contributed by atoms with Gasteiger partial charge in [0.1, 0.15) is 5.75 Å². The Labute approximate surface area is 188 Å². The molecular formula is C20H27N3O7S2. The molecule has 32 heavy (non-hydrogen) atoms. The molecule has 0 aliphatic rings. The first-order chi connectivity index (χ1) is 15.1. The highest BCUT2D eigenvalue weighted by atomic mass is 32.2. The van der Waals surface area contributed by atoms with Crippen molar-refractivity contribution in [3.05, 3.63) is 54.1 Å². The molecule has 0 aliphatic carbocycles. The van der Waals surface area contributed by atoms with Crippen molar-refractivity contribution < 1.29 is 31.1 Å². The van der Waals surface area contributed by atoms with Crippen LogP contribution in [0.4, 0.5) is 0 Å². The molecule has 2 aromatic carbocycles. The zero-order valence-corrected chi connectivity index (χ0v) is 19.5. The van der Waals surface area contributed by atoms with Crippen LogP contribution in [0.25, 0.3) is 0 Å². The van der Waals surface area contributed by atoms with Crippen LogP contribution in [0.1, 0.15) is 5.56 Å². The van der Waals surface area contributed by atoms with Gasteiger partial charge in [-0.1, -0.05) is 17.7 Å². The SMILES string of the molecule is COCCNS(=O)(=O)c1ccc(OCC(=O)NCCNS(=O)(=O)c2ccc(C)cc2)cc1. The molecule has 0 saturated carbocycles. The minimum absolute atomic E-state index is 0.0184. The van der Waals surface area contributed by atoms with E-state index in [2.05, 4.69) is 14.8 Å². The molecule has 3 N–H and O–H groups in total. The molecule has 0 spiro atoms. The van der Waals surface area contributed by atoms with Gasteiger partial charge in [0.15, 0.2) is 6.61 Å². The topological polar surface area (TPSA) is 140 Å². The Bertz CT molecular complexity index is 1090. The van der Waals surface area contributed by atoms with E-state index >= 15 is 0 Å². The molecule has 0 bridgehead atoms. The molecule has 176 valence electrons. The number of hydrogen-bond acceptors (Lipinski definition) is 7. The highest BCUT2D eigenvalue weighted by Crippen LogP contribution is 2.15. The van der Waals surface area contributed by atoms with Crippen molar-refractivity contribution in [2.24, 2.45) is 0 Å². The lowest BCUT2D eigenvalue weighted by Gasteiger charge is -2.10. The average molecular weight is 486 g/mol. The summed E-state index contributed by atoms with van der Waals surface area (Å²) in [5.41, 5.74) is 0.950. The summed E-state index contributed by atoms with van der Waals surface area (Å²) in [7, 11) is -5.83. The highest BCUT2D eigenvalue weighted by Gasteiger charge is 2.14. The lowest BCUT2D eigenvalue weighted by molar-refractivity contribution is -0.123. The number of aryl methyl sites for hydroxylation is 1. The lowest BCUT2D eigenvalue weighted by atomic mass is 10.2. The van der Waals surface area contributed by atoms with Gasteiger partial charge in [-0.05, 0) is 43.3 Å². The maximum atomic E-state index is 12.2. The zero-order valence-electron chi connectivity index (χ0n) is 17.8. The summed E-state index contributed by atoms with van der Waals surface area (Å²) in [6.07, 6.45) is 0. The van der Waals surface area contributed by atoms with Gasteiger partial charge in [0, 0.05) is 26.7 Å². The predicted octanol–water partition coefficient (Wildman–Crippen LogP) is 0.393. The predicted molar refractivity (Wildman–Crippen MR) is 118 cm³/mol. The first-order valence-electron chi connectivity index (χ1n) is 9.68. The maximum absolute atomic E-state index is 12.2. The van der Waals surface area contributed by atoms with E-state index in [0.29, 0.717) is 5.75 Å². The van der Waals surface area contributed by atoms with Crippen LogP contribution in [0.3, 0.4) is 0 Å². The molecule has 0 unspecified atom stereocenters. The van der Waals surface area contributed by atoms with Crippen LogP contribution in [0, 0.1) is 6.92 Å². The molecule has 0 fully saturated rings. The number of amides is 1. The van der Waals surface area contributed by atoms with Crippen LogP contribution < -0.4 is 19.5 Å². The number of ether oxygens (including phenoxy) is 2. The minimum atomic E-state index is -3.65. The number of carbonyl (C=O) groups is 1. The fourth-order valence-corrected chi connectivity index (χ4v) is 4.51. The van der Waals surface area contributed by atoms with E-state index < -0.39 is 26.0 Å². The van der Waals surface area contributed by atoms with E-state index in [4.69, 9.17) is 9.47 Å². The number of carbonyl (C=O) groups excluding carboxylic acids is 1. The summed E-state index contributed by atoms with van der Waals surface area (Å²) in [6.45, 7) is 2.06. The van der Waals surface area contributed by atoms with Crippen LogP contribution in [0.2, 0.25) is 0 Å². The van der Waals surface area contributed by atoms with E-state index in [0.717, 1.165) is 5.56 Å². The summed E-state index contributed by atoms with van der Waals surface area (Å²) in [4.78, 5) is 12.1. The molecule has 1 amide bonds. The van der Waals surface area contributed by atoms with Crippen molar-refractivity contribution in [2.75, 3.05) is 40.0 Å². The Morgan fingerprint density at radius 2 is 1.34 bits per heavy atom. The normalized spacial score (nSPS) is 11.8. The second-order valence-electron chi connectivity index (χ2n) is 6.71. The monoisotopic (exact) mass is 485 g/mol. The van der Waals surface area contributed by atoms with Crippen molar-refractivity contribution in [1.29, 1.82) is 0 Å². The Morgan fingerprint density at radius 3 is 1.91 bits per heavy atom. The summed E-state index contributed by atoms with van der Waals surface area (Å²) in [5.74, 6) is -0.131. The second kappa shape index (κ2) is 11.9. The van der Waals surface area contributed by atoms with Gasteiger partial charge in [-0.2, -0.15) is 0 Å². The van der Waals surface area contributed by atoms with Crippen LogP contribution in [-0.4, -0.2) is 62.7 Å². The number of hydrogen-bond donors (Lipinski definition) is 3. The van der Waals surface area contributed by atoms with Crippen molar-refractivity contribution >= 4 is 26.0 Å². The fraction of sp³-hybridized carbons (Fsp3) is 0.350. The Kier molecular flexibility index (Phi) is 9.60. The molecule has 0 radical (unpaired) electrons. The molecule has 0 heterocycles. The molecule has 0 aliphatic heterocycles. The third-order valence-corrected chi connectivity index (χ3v) is 7.13. The van der Waals surface area contributed by atoms with Crippen LogP contribution in [-0.2, 0) is 29.6 Å². The average Bonchev–Trinajstić information content (AvgIpc) is 2.76. The lowest BCUT2D eigenvalue weighted by Crippen LogP contribution is -2.36. The fourth-order valence-electron chi connectivity index (χ4n) is 2.46. The van der Waals surface area contributed by atoms with Gasteiger partial charge in [0.05, 0.1) is 16.4 Å².